The second kappa shape index (κ2) is 19.0. The maximum absolute atomic E-state index is 5.59. The minimum atomic E-state index is 0.0581. The minimum absolute atomic E-state index is 0.0581. The summed E-state index contributed by atoms with van der Waals surface area (Å²) in [6.07, 6.45) is 18.4. The molecular formula is C55H58N2S4. The first-order valence-corrected chi connectivity index (χ1v) is 26.2. The Morgan fingerprint density at radius 1 is 0.459 bits per heavy atom. The zero-order chi connectivity index (χ0) is 41.8. The van der Waals surface area contributed by atoms with Crippen LogP contribution in [0, 0.1) is 13.8 Å². The van der Waals surface area contributed by atoms with Crippen molar-refractivity contribution >= 4 is 56.4 Å². The molecule has 0 amide bonds. The van der Waals surface area contributed by atoms with E-state index in [1.165, 1.54) is 132 Å². The van der Waals surface area contributed by atoms with Crippen LogP contribution in [0.4, 0.5) is 0 Å². The van der Waals surface area contributed by atoms with Crippen LogP contribution in [0.5, 0.6) is 0 Å². The molecule has 0 fully saturated rings. The van der Waals surface area contributed by atoms with Gasteiger partial charge in [-0.05, 0) is 108 Å². The van der Waals surface area contributed by atoms with Crippen LogP contribution in [0.15, 0.2) is 108 Å². The van der Waals surface area contributed by atoms with Crippen LogP contribution in [0.3, 0.4) is 0 Å². The Balaban J connectivity index is 1.13. The molecule has 9 rings (SSSR count). The molecule has 0 aliphatic heterocycles. The summed E-state index contributed by atoms with van der Waals surface area (Å²) in [6.45, 7) is 9.11. The summed E-state index contributed by atoms with van der Waals surface area (Å²) in [5.74, 6) is 0. The second-order valence-electron chi connectivity index (χ2n) is 17.2. The van der Waals surface area contributed by atoms with Crippen molar-refractivity contribution in [3.05, 3.63) is 129 Å². The first kappa shape index (κ1) is 42.1. The summed E-state index contributed by atoms with van der Waals surface area (Å²) in [7, 11) is 0. The molecule has 1 aliphatic rings. The van der Waals surface area contributed by atoms with Crippen LogP contribution in [-0.4, -0.2) is 9.97 Å². The minimum Gasteiger partial charge on any atom is -0.242 e. The molecule has 0 N–H and O–H groups in total. The van der Waals surface area contributed by atoms with E-state index < -0.39 is 0 Å². The number of benzene rings is 3. The fourth-order valence-corrected chi connectivity index (χ4v) is 13.1. The molecule has 3 aromatic carbocycles. The van der Waals surface area contributed by atoms with Gasteiger partial charge < -0.3 is 0 Å². The van der Waals surface area contributed by atoms with Gasteiger partial charge in [0.05, 0.1) is 20.8 Å². The molecule has 5 aromatic heterocycles. The number of unbranched alkanes of at least 4 members (excludes halogenated alkanes) is 10. The van der Waals surface area contributed by atoms with E-state index in [2.05, 4.69) is 136 Å². The van der Waals surface area contributed by atoms with Crippen LogP contribution in [0.25, 0.3) is 74.6 Å². The summed E-state index contributed by atoms with van der Waals surface area (Å²) in [5.41, 5.74) is 15.0. The highest BCUT2D eigenvalue weighted by Crippen LogP contribution is 2.56. The summed E-state index contributed by atoms with van der Waals surface area (Å²) in [5, 5.41) is 4.28. The molecule has 61 heavy (non-hydrogen) atoms. The molecule has 5 heterocycles. The topological polar surface area (TPSA) is 25.8 Å². The third-order valence-corrected chi connectivity index (χ3v) is 16.9. The third-order valence-electron chi connectivity index (χ3n) is 12.9. The van der Waals surface area contributed by atoms with E-state index in [9.17, 15) is 0 Å². The predicted octanol–water partition coefficient (Wildman–Crippen LogP) is 18.6. The summed E-state index contributed by atoms with van der Waals surface area (Å²) >= 11 is 7.19. The molecule has 2 nitrogen and oxygen atoms in total. The predicted molar refractivity (Wildman–Crippen MR) is 270 cm³/mol. The molecule has 1 aliphatic carbocycles. The molecule has 0 saturated heterocycles. The van der Waals surface area contributed by atoms with Crippen molar-refractivity contribution in [2.45, 2.75) is 123 Å². The highest BCUT2D eigenvalue weighted by Gasteiger charge is 2.42. The summed E-state index contributed by atoms with van der Waals surface area (Å²) < 4.78 is 0. The molecule has 8 aromatic rings. The highest BCUT2D eigenvalue weighted by atomic mass is 32.1. The lowest BCUT2D eigenvalue weighted by molar-refractivity contribution is 0.398. The van der Waals surface area contributed by atoms with Gasteiger partial charge in [0.25, 0.3) is 0 Å². The number of aryl methyl sites for hydroxylation is 2. The maximum atomic E-state index is 5.59. The van der Waals surface area contributed by atoms with Crippen LogP contribution in [0.1, 0.15) is 125 Å². The average Bonchev–Trinajstić information content (AvgIpc) is 4.15. The molecule has 0 radical (unpaired) electrons. The Kier molecular flexibility index (Phi) is 13.2. The van der Waals surface area contributed by atoms with E-state index >= 15 is 0 Å². The van der Waals surface area contributed by atoms with Gasteiger partial charge in [0, 0.05) is 36.1 Å². The third kappa shape index (κ3) is 8.63. The van der Waals surface area contributed by atoms with Gasteiger partial charge in [0.15, 0.2) is 0 Å². The molecule has 6 heteroatoms. The summed E-state index contributed by atoms with van der Waals surface area (Å²) in [4.78, 5) is 18.5. The summed E-state index contributed by atoms with van der Waals surface area (Å²) in [6, 6.07) is 37.1. The van der Waals surface area contributed by atoms with Gasteiger partial charge in [0.2, 0.25) is 0 Å². The van der Waals surface area contributed by atoms with Crippen molar-refractivity contribution in [1.29, 1.82) is 0 Å². The van der Waals surface area contributed by atoms with Crippen molar-refractivity contribution in [3.63, 3.8) is 0 Å². The van der Waals surface area contributed by atoms with E-state index in [1.54, 1.807) is 33.8 Å². The van der Waals surface area contributed by atoms with E-state index in [1.807, 2.05) is 22.7 Å². The quantitative estimate of drug-likeness (QED) is 0.0757. The number of thiophene rings is 4. The molecule has 0 atom stereocenters. The normalized spacial score (nSPS) is 13.0. The fourth-order valence-electron chi connectivity index (χ4n) is 9.76. The van der Waals surface area contributed by atoms with E-state index in [-0.39, 0.29) is 5.41 Å². The van der Waals surface area contributed by atoms with Crippen molar-refractivity contribution in [2.75, 3.05) is 0 Å². The van der Waals surface area contributed by atoms with Gasteiger partial charge in [-0.1, -0.05) is 151 Å². The van der Waals surface area contributed by atoms with E-state index in [4.69, 9.17) is 9.97 Å². The zero-order valence-electron chi connectivity index (χ0n) is 36.3. The van der Waals surface area contributed by atoms with Gasteiger partial charge in [-0.3, -0.25) is 0 Å². The maximum Gasteiger partial charge on any atom is 0.108 e. The van der Waals surface area contributed by atoms with Crippen LogP contribution >= 0.6 is 45.3 Å². The van der Waals surface area contributed by atoms with Crippen molar-refractivity contribution in [3.8, 4) is 63.6 Å². The molecule has 312 valence electrons. The lowest BCUT2D eigenvalue weighted by Crippen LogP contribution is -2.25. The van der Waals surface area contributed by atoms with Gasteiger partial charge in [-0.2, -0.15) is 0 Å². The van der Waals surface area contributed by atoms with E-state index in [0.717, 1.165) is 43.3 Å². The number of fused-ring (bicyclic) bond motifs is 4. The number of rotatable bonds is 19. The molecule has 0 saturated carbocycles. The van der Waals surface area contributed by atoms with Crippen LogP contribution in [-0.2, 0) is 5.41 Å². The number of aromatic nitrogens is 2. The standard InChI is InChI=1S/C55H58N2S4/c1-5-7-9-11-13-15-31-55(32-16-14-12-10-8-6-2)44-35-37(3)21-24-40(44)41-25-23-39(36-45(41)55)46-29-30-48(61-46)43-27-26-42(47-28-22-38(4)60-47)51-52(43)57-54(50-20-18-34-59-50)53(56-51)49-19-17-33-58-49/h17-30,33-36H,5-16,31-32H2,1-4H3. The van der Waals surface area contributed by atoms with Crippen LogP contribution in [0.2, 0.25) is 0 Å². The lowest BCUT2D eigenvalue weighted by Gasteiger charge is -2.33. The van der Waals surface area contributed by atoms with Gasteiger partial charge in [0.1, 0.15) is 11.4 Å². The molecular weight excluding hydrogens is 817 g/mol. The monoisotopic (exact) mass is 874 g/mol. The second-order valence-corrected chi connectivity index (χ2v) is 21.5. The number of hydrogen-bond acceptors (Lipinski definition) is 6. The number of nitrogens with zero attached hydrogens (tertiary/aromatic N) is 2. The fraction of sp³-hybridized carbons (Fsp3) is 0.345. The van der Waals surface area contributed by atoms with Gasteiger partial charge in [-0.15, -0.1) is 45.3 Å². The Morgan fingerprint density at radius 3 is 1.52 bits per heavy atom. The molecule has 0 spiro atoms. The average molecular weight is 875 g/mol. The van der Waals surface area contributed by atoms with Crippen molar-refractivity contribution < 1.29 is 0 Å². The van der Waals surface area contributed by atoms with Crippen molar-refractivity contribution in [2.24, 2.45) is 0 Å². The molecule has 0 unspecified atom stereocenters. The Labute approximate surface area is 379 Å². The van der Waals surface area contributed by atoms with E-state index in [0.29, 0.717) is 0 Å². The van der Waals surface area contributed by atoms with Crippen LogP contribution < -0.4 is 0 Å². The largest absolute Gasteiger partial charge is 0.242 e. The molecule has 0 bridgehead atoms. The Morgan fingerprint density at radius 2 is 0.967 bits per heavy atom. The SMILES string of the molecule is CCCCCCCCC1(CCCCCCCC)c2cc(C)ccc2-c2ccc(-c3ccc(-c4ccc(-c5ccc(C)s5)c5nc(-c6cccs6)c(-c6cccs6)nc45)s3)cc21. The van der Waals surface area contributed by atoms with Gasteiger partial charge in [-0.25, -0.2) is 9.97 Å². The number of hydrogen-bond donors (Lipinski definition) is 0. The Hall–Kier alpha value is -4.20. The van der Waals surface area contributed by atoms with Gasteiger partial charge >= 0.3 is 0 Å². The first-order valence-electron chi connectivity index (χ1n) is 22.8. The first-order chi connectivity index (χ1) is 30.0. The Bertz CT molecular complexity index is 2700. The zero-order valence-corrected chi connectivity index (χ0v) is 39.6. The lowest BCUT2D eigenvalue weighted by atomic mass is 9.70. The van der Waals surface area contributed by atoms with Crippen molar-refractivity contribution in [1.82, 2.24) is 9.97 Å². The highest BCUT2D eigenvalue weighted by molar-refractivity contribution is 7.19. The smallest absolute Gasteiger partial charge is 0.108 e.